The highest BCUT2D eigenvalue weighted by Crippen LogP contribution is 2.34. The number of nitrogens with two attached hydrogens (primary N) is 1. The highest BCUT2D eigenvalue weighted by molar-refractivity contribution is 7.17. The third-order valence-electron chi connectivity index (χ3n) is 4.66. The Morgan fingerprint density at radius 1 is 0.964 bits per heavy atom. The van der Waals surface area contributed by atoms with Crippen molar-refractivity contribution in [2.24, 2.45) is 5.73 Å². The zero-order chi connectivity index (χ0) is 19.9. The van der Waals surface area contributed by atoms with Gasteiger partial charge in [0, 0.05) is 17.7 Å². The first-order valence-corrected chi connectivity index (χ1v) is 10.2. The van der Waals surface area contributed by atoms with Crippen molar-refractivity contribution in [2.75, 3.05) is 5.32 Å². The van der Waals surface area contributed by atoms with Crippen molar-refractivity contribution in [1.82, 2.24) is 0 Å². The van der Waals surface area contributed by atoms with E-state index in [9.17, 15) is 9.59 Å². The van der Waals surface area contributed by atoms with E-state index in [1.165, 1.54) is 16.9 Å². The van der Waals surface area contributed by atoms with Gasteiger partial charge in [0.05, 0.1) is 5.56 Å². The fraction of sp³-hybridized carbons (Fsp3) is 0.217. The molecule has 0 saturated carbocycles. The van der Waals surface area contributed by atoms with Crippen LogP contribution >= 0.6 is 11.3 Å². The van der Waals surface area contributed by atoms with Crippen LogP contribution < -0.4 is 11.1 Å². The third kappa shape index (κ3) is 5.08. The number of carbonyl (C=O) groups is 2. The Bertz CT molecular complexity index is 949. The number of hydrogen-bond acceptors (Lipinski definition) is 3. The molecule has 4 nitrogen and oxygen atoms in total. The molecular weight excluding hydrogens is 368 g/mol. The maximum Gasteiger partial charge on any atom is 0.251 e. The van der Waals surface area contributed by atoms with Crippen LogP contribution in [0.1, 0.15) is 44.8 Å². The van der Waals surface area contributed by atoms with E-state index in [1.807, 2.05) is 55.5 Å². The van der Waals surface area contributed by atoms with Crippen LogP contribution in [0.2, 0.25) is 0 Å². The lowest BCUT2D eigenvalue weighted by molar-refractivity contribution is -0.116. The molecule has 1 aromatic heterocycles. The molecule has 0 aliphatic carbocycles. The fourth-order valence-corrected chi connectivity index (χ4v) is 4.44. The summed E-state index contributed by atoms with van der Waals surface area (Å²) in [6.07, 6.45) is 2.71. The molecule has 2 amide bonds. The number of anilines is 1. The van der Waals surface area contributed by atoms with Crippen LogP contribution in [0, 0.1) is 6.92 Å². The van der Waals surface area contributed by atoms with Gasteiger partial charge in [0.2, 0.25) is 5.91 Å². The second-order valence-corrected chi connectivity index (χ2v) is 7.87. The van der Waals surface area contributed by atoms with Crippen molar-refractivity contribution in [3.05, 3.63) is 87.8 Å². The van der Waals surface area contributed by atoms with Gasteiger partial charge in [0.15, 0.2) is 0 Å². The van der Waals surface area contributed by atoms with E-state index in [4.69, 9.17) is 5.73 Å². The van der Waals surface area contributed by atoms with Gasteiger partial charge in [-0.05, 0) is 36.5 Å². The van der Waals surface area contributed by atoms with Crippen LogP contribution in [0.3, 0.4) is 0 Å². The molecule has 1 heterocycles. The summed E-state index contributed by atoms with van der Waals surface area (Å²) in [5, 5.41) is 3.46. The number of benzene rings is 2. The van der Waals surface area contributed by atoms with Crippen molar-refractivity contribution >= 4 is 28.2 Å². The van der Waals surface area contributed by atoms with E-state index in [0.29, 0.717) is 23.4 Å². The molecule has 0 radical (unpaired) electrons. The van der Waals surface area contributed by atoms with E-state index < -0.39 is 5.91 Å². The summed E-state index contributed by atoms with van der Waals surface area (Å²) < 4.78 is 0. The van der Waals surface area contributed by atoms with Gasteiger partial charge >= 0.3 is 0 Å². The first kappa shape index (κ1) is 19.8. The minimum atomic E-state index is -0.507. The van der Waals surface area contributed by atoms with Crippen molar-refractivity contribution in [3.63, 3.8) is 0 Å². The number of carbonyl (C=O) groups excluding carboxylic acids is 2. The number of thiophene rings is 1. The predicted octanol–water partition coefficient (Wildman–Crippen LogP) is 4.71. The van der Waals surface area contributed by atoms with Crippen molar-refractivity contribution in [3.8, 4) is 0 Å². The molecule has 3 rings (SSSR count). The van der Waals surface area contributed by atoms with E-state index in [2.05, 4.69) is 17.4 Å². The standard InChI is InChI=1S/C23H24N2O2S/c1-16-19(15-18-11-6-3-7-12-18)28-23(21(16)22(24)27)25-20(26)14-8-13-17-9-4-2-5-10-17/h2-7,9-12H,8,13-15H2,1H3,(H2,24,27)(H,25,26). The Morgan fingerprint density at radius 2 is 1.57 bits per heavy atom. The third-order valence-corrected chi connectivity index (χ3v) is 5.87. The summed E-state index contributed by atoms with van der Waals surface area (Å²) in [6.45, 7) is 1.89. The lowest BCUT2D eigenvalue weighted by Gasteiger charge is -2.05. The number of rotatable bonds is 8. The summed E-state index contributed by atoms with van der Waals surface area (Å²) in [5.41, 5.74) is 9.23. The van der Waals surface area contributed by atoms with Gasteiger partial charge < -0.3 is 11.1 Å². The molecule has 0 bridgehead atoms. The van der Waals surface area contributed by atoms with E-state index in [1.54, 1.807) is 0 Å². The van der Waals surface area contributed by atoms with Crippen molar-refractivity contribution in [1.29, 1.82) is 0 Å². The first-order valence-electron chi connectivity index (χ1n) is 9.34. The normalized spacial score (nSPS) is 10.6. The molecule has 2 aromatic carbocycles. The van der Waals surface area contributed by atoms with Crippen LogP contribution in [0.4, 0.5) is 5.00 Å². The molecule has 3 aromatic rings. The molecule has 144 valence electrons. The molecule has 3 N–H and O–H groups in total. The summed E-state index contributed by atoms with van der Waals surface area (Å²) >= 11 is 1.43. The molecule has 0 aliphatic rings. The summed E-state index contributed by atoms with van der Waals surface area (Å²) in [6, 6.07) is 20.1. The Labute approximate surface area is 169 Å². The van der Waals surface area contributed by atoms with Gasteiger partial charge in [-0.1, -0.05) is 60.7 Å². The van der Waals surface area contributed by atoms with Crippen molar-refractivity contribution < 1.29 is 9.59 Å². The van der Waals surface area contributed by atoms with Crippen LogP contribution in [0.25, 0.3) is 0 Å². The zero-order valence-corrected chi connectivity index (χ0v) is 16.7. The van der Waals surface area contributed by atoms with E-state index in [0.717, 1.165) is 28.8 Å². The van der Waals surface area contributed by atoms with Gasteiger partial charge in [-0.2, -0.15) is 0 Å². The summed E-state index contributed by atoms with van der Waals surface area (Å²) in [4.78, 5) is 25.4. The number of primary amides is 1. The van der Waals surface area contributed by atoms with Gasteiger partial charge in [-0.3, -0.25) is 9.59 Å². The Kier molecular flexibility index (Phi) is 6.61. The van der Waals surface area contributed by atoms with Gasteiger partial charge in [-0.15, -0.1) is 11.3 Å². The van der Waals surface area contributed by atoms with Gasteiger partial charge in [0.25, 0.3) is 5.91 Å². The molecule has 0 spiro atoms. The van der Waals surface area contributed by atoms with Crippen LogP contribution in [-0.4, -0.2) is 11.8 Å². The maximum absolute atomic E-state index is 12.4. The number of nitrogens with one attached hydrogen (secondary N) is 1. The second kappa shape index (κ2) is 9.33. The molecule has 0 unspecified atom stereocenters. The Morgan fingerprint density at radius 3 is 2.18 bits per heavy atom. The van der Waals surface area contributed by atoms with Crippen LogP contribution in [0.5, 0.6) is 0 Å². The highest BCUT2D eigenvalue weighted by Gasteiger charge is 2.20. The highest BCUT2D eigenvalue weighted by atomic mass is 32.1. The number of hydrogen-bond donors (Lipinski definition) is 2. The zero-order valence-electron chi connectivity index (χ0n) is 15.9. The second-order valence-electron chi connectivity index (χ2n) is 6.77. The van der Waals surface area contributed by atoms with Gasteiger partial charge in [-0.25, -0.2) is 0 Å². The monoisotopic (exact) mass is 392 g/mol. The van der Waals surface area contributed by atoms with E-state index in [-0.39, 0.29) is 5.91 Å². The number of amides is 2. The Hall–Kier alpha value is -2.92. The van der Waals surface area contributed by atoms with Crippen LogP contribution in [-0.2, 0) is 17.6 Å². The first-order chi connectivity index (χ1) is 13.5. The number of aryl methyl sites for hydroxylation is 1. The average Bonchev–Trinajstić information content (AvgIpc) is 2.98. The molecule has 0 aliphatic heterocycles. The lowest BCUT2D eigenvalue weighted by atomic mass is 10.1. The van der Waals surface area contributed by atoms with E-state index >= 15 is 0 Å². The molecular formula is C23H24N2O2S. The molecule has 5 heteroatoms. The van der Waals surface area contributed by atoms with Gasteiger partial charge in [0.1, 0.15) is 5.00 Å². The fourth-order valence-electron chi connectivity index (χ4n) is 3.18. The van der Waals surface area contributed by atoms with Crippen LogP contribution in [0.15, 0.2) is 60.7 Å². The minimum Gasteiger partial charge on any atom is -0.365 e. The smallest absolute Gasteiger partial charge is 0.251 e. The predicted molar refractivity (Wildman–Crippen MR) is 115 cm³/mol. The maximum atomic E-state index is 12.4. The average molecular weight is 393 g/mol. The van der Waals surface area contributed by atoms with Crippen molar-refractivity contribution in [2.45, 2.75) is 32.6 Å². The molecule has 0 fully saturated rings. The largest absolute Gasteiger partial charge is 0.365 e. The lowest BCUT2D eigenvalue weighted by Crippen LogP contribution is -2.17. The Balaban J connectivity index is 1.67. The minimum absolute atomic E-state index is 0.0917. The summed E-state index contributed by atoms with van der Waals surface area (Å²) in [5.74, 6) is -0.599. The molecule has 0 atom stereocenters. The topological polar surface area (TPSA) is 72.2 Å². The molecule has 0 saturated heterocycles. The SMILES string of the molecule is Cc1c(Cc2ccccc2)sc(NC(=O)CCCc2ccccc2)c1C(N)=O. The summed E-state index contributed by atoms with van der Waals surface area (Å²) in [7, 11) is 0. The molecule has 28 heavy (non-hydrogen) atoms. The quantitative estimate of drug-likeness (QED) is 0.583.